The van der Waals surface area contributed by atoms with Gasteiger partial charge >= 0.3 is 5.97 Å². The quantitative estimate of drug-likeness (QED) is 0.839. The Morgan fingerprint density at radius 1 is 1.12 bits per heavy atom. The van der Waals surface area contributed by atoms with Crippen LogP contribution in [-0.2, 0) is 16.0 Å². The highest BCUT2D eigenvalue weighted by Crippen LogP contribution is 2.24. The Balaban J connectivity index is 2.13. The van der Waals surface area contributed by atoms with E-state index in [0.717, 1.165) is 16.9 Å². The molecule has 0 heterocycles. The summed E-state index contributed by atoms with van der Waals surface area (Å²) in [5, 5.41) is 3.06. The summed E-state index contributed by atoms with van der Waals surface area (Å²) >= 11 is 6.07. The van der Waals surface area contributed by atoms with Gasteiger partial charge in [-0.1, -0.05) is 23.7 Å². The smallest absolute Gasteiger partial charge is 0.337 e. The van der Waals surface area contributed by atoms with E-state index in [4.69, 9.17) is 16.3 Å². The van der Waals surface area contributed by atoms with Crippen molar-refractivity contribution in [3.63, 3.8) is 0 Å². The monoisotopic (exact) mass is 347 g/mol. The Morgan fingerprint density at radius 3 is 2.54 bits per heavy atom. The molecule has 0 unspecified atom stereocenters. The predicted molar refractivity (Wildman–Crippen MR) is 92.9 cm³/mol. The number of nitrogens with one attached hydrogen (secondary N) is 1. The van der Waals surface area contributed by atoms with Crippen molar-refractivity contribution in [1.29, 1.82) is 0 Å². The van der Waals surface area contributed by atoms with E-state index >= 15 is 0 Å². The lowest BCUT2D eigenvalue weighted by molar-refractivity contribution is -0.115. The number of hydrogen-bond donors (Lipinski definition) is 1. The van der Waals surface area contributed by atoms with Gasteiger partial charge < -0.3 is 14.8 Å². The van der Waals surface area contributed by atoms with Crippen LogP contribution in [0.5, 0.6) is 5.75 Å². The van der Waals surface area contributed by atoms with Crippen molar-refractivity contribution in [3.8, 4) is 5.75 Å². The van der Waals surface area contributed by atoms with E-state index in [1.54, 1.807) is 13.2 Å². The van der Waals surface area contributed by atoms with Crippen molar-refractivity contribution in [3.05, 3.63) is 58.1 Å². The second kappa shape index (κ2) is 7.84. The maximum atomic E-state index is 12.2. The van der Waals surface area contributed by atoms with Gasteiger partial charge in [0, 0.05) is 0 Å². The van der Waals surface area contributed by atoms with Crippen LogP contribution in [0.25, 0.3) is 0 Å². The number of anilines is 1. The number of esters is 1. The van der Waals surface area contributed by atoms with Crippen LogP contribution in [-0.4, -0.2) is 26.1 Å². The standard InChI is InChI=1S/C18H18ClNO4/c1-11-4-5-12(8-16(11)23-2)9-17(21)20-15-10-13(18(22)24-3)6-7-14(15)19/h4-8,10H,9H2,1-3H3,(H,20,21). The molecule has 1 N–H and O–H groups in total. The number of amides is 1. The van der Waals surface area contributed by atoms with Gasteiger partial charge in [-0.15, -0.1) is 0 Å². The van der Waals surface area contributed by atoms with Gasteiger partial charge in [0.2, 0.25) is 5.91 Å². The molecule has 0 aliphatic heterocycles. The van der Waals surface area contributed by atoms with E-state index < -0.39 is 5.97 Å². The van der Waals surface area contributed by atoms with Gasteiger partial charge in [0.05, 0.1) is 36.9 Å². The molecule has 6 heteroatoms. The van der Waals surface area contributed by atoms with Crippen molar-refractivity contribution in [2.45, 2.75) is 13.3 Å². The first kappa shape index (κ1) is 17.8. The summed E-state index contributed by atoms with van der Waals surface area (Å²) < 4.78 is 9.91. The largest absolute Gasteiger partial charge is 0.496 e. The number of ether oxygens (including phenoxy) is 2. The van der Waals surface area contributed by atoms with Gasteiger partial charge in [0.15, 0.2) is 0 Å². The highest BCUT2D eigenvalue weighted by molar-refractivity contribution is 6.33. The average molecular weight is 348 g/mol. The van der Waals surface area contributed by atoms with Crippen LogP contribution in [0.2, 0.25) is 5.02 Å². The van der Waals surface area contributed by atoms with Gasteiger partial charge in [-0.25, -0.2) is 4.79 Å². The van der Waals surface area contributed by atoms with Crippen LogP contribution < -0.4 is 10.1 Å². The molecule has 0 saturated heterocycles. The molecular weight excluding hydrogens is 330 g/mol. The number of carbonyl (C=O) groups is 2. The SMILES string of the molecule is COC(=O)c1ccc(Cl)c(NC(=O)Cc2ccc(C)c(OC)c2)c1. The molecule has 2 aromatic carbocycles. The lowest BCUT2D eigenvalue weighted by Crippen LogP contribution is -2.15. The summed E-state index contributed by atoms with van der Waals surface area (Å²) in [7, 11) is 2.88. The van der Waals surface area contributed by atoms with Crippen molar-refractivity contribution in [2.75, 3.05) is 19.5 Å². The number of rotatable bonds is 5. The zero-order valence-corrected chi connectivity index (χ0v) is 14.4. The first-order chi connectivity index (χ1) is 11.4. The minimum absolute atomic E-state index is 0.162. The predicted octanol–water partition coefficient (Wildman–Crippen LogP) is 3.62. The first-order valence-electron chi connectivity index (χ1n) is 7.26. The van der Waals surface area contributed by atoms with E-state index in [2.05, 4.69) is 10.1 Å². The normalized spacial score (nSPS) is 10.2. The molecule has 5 nitrogen and oxygen atoms in total. The molecule has 0 aliphatic carbocycles. The first-order valence-corrected chi connectivity index (χ1v) is 7.63. The van der Waals surface area contributed by atoms with Crippen LogP contribution in [0.4, 0.5) is 5.69 Å². The molecule has 1 amide bonds. The molecule has 0 aliphatic rings. The van der Waals surface area contributed by atoms with Crippen molar-refractivity contribution >= 4 is 29.2 Å². The Bertz CT molecular complexity index is 774. The zero-order valence-electron chi connectivity index (χ0n) is 13.7. The third-order valence-corrected chi connectivity index (χ3v) is 3.83. The molecule has 126 valence electrons. The second-order valence-corrected chi connectivity index (χ2v) is 5.62. The fraction of sp³-hybridized carbons (Fsp3) is 0.222. The molecule has 2 rings (SSSR count). The molecular formula is C18H18ClNO4. The van der Waals surface area contributed by atoms with E-state index in [-0.39, 0.29) is 12.3 Å². The van der Waals surface area contributed by atoms with E-state index in [9.17, 15) is 9.59 Å². The number of carbonyl (C=O) groups excluding carboxylic acids is 2. The molecule has 0 spiro atoms. The Labute approximate surface area is 145 Å². The van der Waals surface area contributed by atoms with Gasteiger partial charge in [0.1, 0.15) is 5.75 Å². The number of aryl methyl sites for hydroxylation is 1. The fourth-order valence-electron chi connectivity index (χ4n) is 2.22. The van der Waals surface area contributed by atoms with Crippen LogP contribution in [0.15, 0.2) is 36.4 Å². The van der Waals surface area contributed by atoms with Crippen LogP contribution in [0.1, 0.15) is 21.5 Å². The summed E-state index contributed by atoms with van der Waals surface area (Å²) in [6.07, 6.45) is 0.162. The van der Waals surface area contributed by atoms with Gasteiger partial charge in [-0.05, 0) is 42.3 Å². The Hall–Kier alpha value is -2.53. The topological polar surface area (TPSA) is 64.6 Å². The highest BCUT2D eigenvalue weighted by atomic mass is 35.5. The third-order valence-electron chi connectivity index (χ3n) is 3.50. The molecule has 0 saturated carbocycles. The average Bonchev–Trinajstić information content (AvgIpc) is 2.57. The summed E-state index contributed by atoms with van der Waals surface area (Å²) in [6.45, 7) is 1.93. The van der Waals surface area contributed by atoms with E-state index in [0.29, 0.717) is 16.3 Å². The zero-order chi connectivity index (χ0) is 17.7. The minimum atomic E-state index is -0.495. The number of benzene rings is 2. The van der Waals surface area contributed by atoms with E-state index in [1.165, 1.54) is 19.2 Å². The van der Waals surface area contributed by atoms with E-state index in [1.807, 2.05) is 25.1 Å². The van der Waals surface area contributed by atoms with Crippen molar-refractivity contribution in [2.24, 2.45) is 0 Å². The van der Waals surface area contributed by atoms with Crippen LogP contribution in [0.3, 0.4) is 0 Å². The molecule has 0 bridgehead atoms. The third kappa shape index (κ3) is 4.26. The lowest BCUT2D eigenvalue weighted by Gasteiger charge is -2.10. The van der Waals surface area contributed by atoms with Gasteiger partial charge in [0.25, 0.3) is 0 Å². The van der Waals surface area contributed by atoms with Crippen molar-refractivity contribution in [1.82, 2.24) is 0 Å². The maximum Gasteiger partial charge on any atom is 0.337 e. The van der Waals surface area contributed by atoms with Gasteiger partial charge in [-0.2, -0.15) is 0 Å². The van der Waals surface area contributed by atoms with Crippen LogP contribution in [0, 0.1) is 6.92 Å². The maximum absolute atomic E-state index is 12.2. The summed E-state index contributed by atoms with van der Waals surface area (Å²) in [5.41, 5.74) is 2.49. The lowest BCUT2D eigenvalue weighted by atomic mass is 10.1. The molecule has 0 fully saturated rings. The minimum Gasteiger partial charge on any atom is -0.496 e. The number of methoxy groups -OCH3 is 2. The molecule has 24 heavy (non-hydrogen) atoms. The highest BCUT2D eigenvalue weighted by Gasteiger charge is 2.12. The summed E-state index contributed by atoms with van der Waals surface area (Å²) in [4.78, 5) is 23.8. The second-order valence-electron chi connectivity index (χ2n) is 5.22. The van der Waals surface area contributed by atoms with Crippen LogP contribution >= 0.6 is 11.6 Å². The molecule has 0 atom stereocenters. The van der Waals surface area contributed by atoms with Gasteiger partial charge in [-0.3, -0.25) is 4.79 Å². The molecule has 2 aromatic rings. The molecule has 0 aromatic heterocycles. The number of halogens is 1. The Kier molecular flexibility index (Phi) is 5.82. The summed E-state index contributed by atoms with van der Waals surface area (Å²) in [5.74, 6) is -0.0127. The number of hydrogen-bond acceptors (Lipinski definition) is 4. The summed E-state index contributed by atoms with van der Waals surface area (Å²) in [6, 6.07) is 10.1. The molecule has 0 radical (unpaired) electrons. The van der Waals surface area contributed by atoms with Crippen molar-refractivity contribution < 1.29 is 19.1 Å². The fourth-order valence-corrected chi connectivity index (χ4v) is 2.38. The Morgan fingerprint density at radius 2 is 1.88 bits per heavy atom.